The molecule has 3 heterocycles. The van der Waals surface area contributed by atoms with Crippen LogP contribution in [0.25, 0.3) is 10.2 Å². The summed E-state index contributed by atoms with van der Waals surface area (Å²) in [6, 6.07) is 18.3. The number of aromatic nitrogens is 1. The number of hydrogen-bond acceptors (Lipinski definition) is 6. The van der Waals surface area contributed by atoms with Crippen molar-refractivity contribution in [3.8, 4) is 0 Å². The van der Waals surface area contributed by atoms with Crippen LogP contribution in [0.2, 0.25) is 0 Å². The van der Waals surface area contributed by atoms with E-state index in [4.69, 9.17) is 9.72 Å². The van der Waals surface area contributed by atoms with E-state index < -0.39 is 0 Å². The lowest BCUT2D eigenvalue weighted by Gasteiger charge is -2.40. The molecule has 1 unspecified atom stereocenters. The van der Waals surface area contributed by atoms with Gasteiger partial charge in [0.25, 0.3) is 0 Å². The van der Waals surface area contributed by atoms with Crippen molar-refractivity contribution in [3.63, 3.8) is 0 Å². The lowest BCUT2D eigenvalue weighted by molar-refractivity contribution is -0.142. The van der Waals surface area contributed by atoms with Gasteiger partial charge >= 0.3 is 0 Å². The molecule has 1 aromatic heterocycles. The number of morpholine rings is 1. The van der Waals surface area contributed by atoms with Crippen LogP contribution < -0.4 is 0 Å². The number of amides is 1. The van der Waals surface area contributed by atoms with Gasteiger partial charge in [0.05, 0.1) is 30.0 Å². The normalized spacial score (nSPS) is 19.5. The first-order valence-electron chi connectivity index (χ1n) is 11.0. The first-order chi connectivity index (χ1) is 15.3. The number of piperazine rings is 1. The van der Waals surface area contributed by atoms with Gasteiger partial charge in [0.2, 0.25) is 5.91 Å². The summed E-state index contributed by atoms with van der Waals surface area (Å²) in [5.74, 6) is 0.203. The largest absolute Gasteiger partial charge is 0.378 e. The average Bonchev–Trinajstić information content (AvgIpc) is 3.24. The Hall–Kier alpha value is -2.32. The van der Waals surface area contributed by atoms with E-state index in [1.165, 1.54) is 9.71 Å². The maximum Gasteiger partial charge on any atom is 0.244 e. The quantitative estimate of drug-likeness (QED) is 0.615. The van der Waals surface area contributed by atoms with Crippen LogP contribution in [0, 0.1) is 0 Å². The van der Waals surface area contributed by atoms with Crippen molar-refractivity contribution in [2.24, 2.45) is 0 Å². The molecule has 162 valence electrons. The number of carbonyl (C=O) groups is 1. The van der Waals surface area contributed by atoms with Crippen LogP contribution in [0.5, 0.6) is 0 Å². The summed E-state index contributed by atoms with van der Waals surface area (Å²) in [6.07, 6.45) is 0. The maximum atomic E-state index is 13.5. The molecule has 0 aliphatic carbocycles. The van der Waals surface area contributed by atoms with E-state index in [2.05, 4.69) is 40.1 Å². The van der Waals surface area contributed by atoms with Crippen LogP contribution in [-0.4, -0.2) is 78.1 Å². The Labute approximate surface area is 187 Å². The molecule has 2 aliphatic heterocycles. The van der Waals surface area contributed by atoms with E-state index in [0.717, 1.165) is 43.8 Å². The van der Waals surface area contributed by atoms with Gasteiger partial charge in [-0.2, -0.15) is 0 Å². The fourth-order valence-electron chi connectivity index (χ4n) is 4.46. The molecule has 0 bridgehead atoms. The molecule has 2 aliphatic rings. The van der Waals surface area contributed by atoms with Crippen LogP contribution in [-0.2, 0) is 16.1 Å². The van der Waals surface area contributed by atoms with Crippen molar-refractivity contribution in [1.82, 2.24) is 19.7 Å². The maximum absolute atomic E-state index is 13.5. The third-order valence-corrected chi connectivity index (χ3v) is 7.16. The predicted molar refractivity (Wildman–Crippen MR) is 123 cm³/mol. The van der Waals surface area contributed by atoms with Crippen LogP contribution >= 0.6 is 11.3 Å². The first-order valence-corrected chi connectivity index (χ1v) is 11.8. The Bertz CT molecular complexity index is 978. The van der Waals surface area contributed by atoms with Gasteiger partial charge in [-0.25, -0.2) is 4.98 Å². The molecule has 2 fully saturated rings. The van der Waals surface area contributed by atoms with E-state index in [-0.39, 0.29) is 11.9 Å². The van der Waals surface area contributed by atoms with Crippen molar-refractivity contribution >= 4 is 27.5 Å². The minimum absolute atomic E-state index is 0.203. The summed E-state index contributed by atoms with van der Waals surface area (Å²) < 4.78 is 6.70. The second-order valence-electron chi connectivity index (χ2n) is 8.14. The van der Waals surface area contributed by atoms with Gasteiger partial charge in [0, 0.05) is 39.3 Å². The predicted octanol–water partition coefficient (Wildman–Crippen LogP) is 3.01. The SMILES string of the molecule is O=C(C(c1ccccc1)N1CCN(Cc2nc3ccccc3s2)CC1)N1CCOCC1. The molecule has 2 aromatic carbocycles. The molecule has 0 radical (unpaired) electrons. The molecule has 0 spiro atoms. The monoisotopic (exact) mass is 436 g/mol. The van der Waals surface area contributed by atoms with Crippen molar-refractivity contribution in [2.45, 2.75) is 12.6 Å². The van der Waals surface area contributed by atoms with Gasteiger partial charge in [-0.15, -0.1) is 11.3 Å². The highest BCUT2D eigenvalue weighted by Gasteiger charge is 2.34. The Kier molecular flexibility index (Phi) is 6.27. The number of hydrogen-bond donors (Lipinski definition) is 0. The van der Waals surface area contributed by atoms with Gasteiger partial charge in [0.15, 0.2) is 0 Å². The standard InChI is InChI=1S/C24H28N4O2S/c29-24(28-14-16-30-17-15-28)23(19-6-2-1-3-7-19)27-12-10-26(11-13-27)18-22-25-20-8-4-5-9-21(20)31-22/h1-9,23H,10-18H2. The third kappa shape index (κ3) is 4.65. The van der Waals surface area contributed by atoms with Gasteiger partial charge < -0.3 is 9.64 Å². The van der Waals surface area contributed by atoms with Gasteiger partial charge in [-0.05, 0) is 17.7 Å². The molecule has 5 rings (SSSR count). The minimum atomic E-state index is -0.219. The number of para-hydroxylation sites is 1. The zero-order chi connectivity index (χ0) is 21.0. The van der Waals surface area contributed by atoms with Crippen LogP contribution in [0.1, 0.15) is 16.6 Å². The molecule has 31 heavy (non-hydrogen) atoms. The van der Waals surface area contributed by atoms with E-state index in [1.807, 2.05) is 29.2 Å². The highest BCUT2D eigenvalue weighted by atomic mass is 32.1. The average molecular weight is 437 g/mol. The van der Waals surface area contributed by atoms with Gasteiger partial charge in [-0.1, -0.05) is 42.5 Å². The Morgan fingerprint density at radius 3 is 2.39 bits per heavy atom. The zero-order valence-corrected chi connectivity index (χ0v) is 18.5. The smallest absolute Gasteiger partial charge is 0.244 e. The summed E-state index contributed by atoms with van der Waals surface area (Å²) in [7, 11) is 0. The fourth-order valence-corrected chi connectivity index (χ4v) is 5.47. The van der Waals surface area contributed by atoms with Crippen molar-refractivity contribution < 1.29 is 9.53 Å². The fraction of sp³-hybridized carbons (Fsp3) is 0.417. The Morgan fingerprint density at radius 1 is 0.935 bits per heavy atom. The Balaban J connectivity index is 1.27. The highest BCUT2D eigenvalue weighted by Crippen LogP contribution is 2.27. The molecule has 6 nitrogen and oxygen atoms in total. The van der Waals surface area contributed by atoms with Gasteiger partial charge in [-0.3, -0.25) is 14.6 Å². The number of thiazole rings is 1. The number of carbonyl (C=O) groups excluding carboxylic acids is 1. The summed E-state index contributed by atoms with van der Waals surface area (Å²) in [5.41, 5.74) is 2.17. The number of nitrogens with zero attached hydrogens (tertiary/aromatic N) is 4. The lowest BCUT2D eigenvalue weighted by Crippen LogP contribution is -2.52. The molecule has 0 saturated carbocycles. The molecule has 2 saturated heterocycles. The van der Waals surface area contributed by atoms with Crippen LogP contribution in [0.4, 0.5) is 0 Å². The minimum Gasteiger partial charge on any atom is -0.378 e. The van der Waals surface area contributed by atoms with E-state index in [9.17, 15) is 4.79 Å². The summed E-state index contributed by atoms with van der Waals surface area (Å²) in [4.78, 5) is 25.0. The topological polar surface area (TPSA) is 48.9 Å². The molecule has 7 heteroatoms. The second-order valence-corrected chi connectivity index (χ2v) is 9.25. The summed E-state index contributed by atoms with van der Waals surface area (Å²) in [5, 5.41) is 1.17. The van der Waals surface area contributed by atoms with E-state index >= 15 is 0 Å². The molecular formula is C24H28N4O2S. The second kappa shape index (κ2) is 9.44. The molecule has 0 N–H and O–H groups in total. The number of fused-ring (bicyclic) bond motifs is 1. The molecule has 1 atom stereocenters. The van der Waals surface area contributed by atoms with Crippen molar-refractivity contribution in [2.75, 3.05) is 52.5 Å². The van der Waals surface area contributed by atoms with Crippen LogP contribution in [0.15, 0.2) is 54.6 Å². The number of rotatable bonds is 5. The van der Waals surface area contributed by atoms with E-state index in [1.54, 1.807) is 11.3 Å². The van der Waals surface area contributed by atoms with Gasteiger partial charge in [0.1, 0.15) is 11.0 Å². The number of benzene rings is 2. The molecular weight excluding hydrogens is 408 g/mol. The highest BCUT2D eigenvalue weighted by molar-refractivity contribution is 7.18. The van der Waals surface area contributed by atoms with Crippen LogP contribution in [0.3, 0.4) is 0 Å². The van der Waals surface area contributed by atoms with Crippen molar-refractivity contribution in [1.29, 1.82) is 0 Å². The zero-order valence-electron chi connectivity index (χ0n) is 17.7. The lowest BCUT2D eigenvalue weighted by atomic mass is 10.0. The van der Waals surface area contributed by atoms with E-state index in [0.29, 0.717) is 26.3 Å². The summed E-state index contributed by atoms with van der Waals surface area (Å²) in [6.45, 7) is 7.12. The molecule has 3 aromatic rings. The summed E-state index contributed by atoms with van der Waals surface area (Å²) >= 11 is 1.78. The van der Waals surface area contributed by atoms with Crippen molar-refractivity contribution in [3.05, 3.63) is 65.2 Å². The first kappa shape index (κ1) is 20.6. The number of ether oxygens (including phenoxy) is 1. The Morgan fingerprint density at radius 2 is 1.65 bits per heavy atom. The molecule has 1 amide bonds. The third-order valence-electron chi connectivity index (χ3n) is 6.14.